The number of nitrogens with zero attached hydrogens (tertiary/aromatic N) is 4. The molecule has 7 nitrogen and oxygen atoms in total. The zero-order valence-electron chi connectivity index (χ0n) is 17.3. The van der Waals surface area contributed by atoms with Crippen LogP contribution in [0.4, 0.5) is 23.7 Å². The van der Waals surface area contributed by atoms with Crippen molar-refractivity contribution in [1.29, 1.82) is 0 Å². The van der Waals surface area contributed by atoms with Gasteiger partial charge in [-0.15, -0.1) is 0 Å². The normalized spacial score (nSPS) is 18.2. The smallest absolute Gasteiger partial charge is 0.321 e. The van der Waals surface area contributed by atoms with E-state index in [1.54, 1.807) is 17.9 Å². The predicted octanol–water partition coefficient (Wildman–Crippen LogP) is 4.55. The highest BCUT2D eigenvalue weighted by Gasteiger charge is 2.45. The van der Waals surface area contributed by atoms with Crippen molar-refractivity contribution in [2.45, 2.75) is 25.2 Å². The molecule has 1 aliphatic heterocycles. The number of carbonyl (C=O) groups excluding carboxylic acids is 1. The lowest BCUT2D eigenvalue weighted by Gasteiger charge is -2.28. The molecular weight excluding hydrogens is 443 g/mol. The maximum absolute atomic E-state index is 14.4. The second-order valence-electron chi connectivity index (χ2n) is 7.50. The standard InChI is InChI=1S/C21H20F3N5O2S/c1-12-3-4-13(7-14(12)22)21(19-26-11-27-32-19)5-6-29(10-21)20(30)28-15-8-16(18(23)24)25-9-17(15)31-2/h3-4,7-9,11,18H,5-6,10H2,1-2H3,(H,25,28,30)/t21-/m0/s1. The summed E-state index contributed by atoms with van der Waals surface area (Å²) >= 11 is 1.20. The summed E-state index contributed by atoms with van der Waals surface area (Å²) in [6, 6.07) is 5.60. The van der Waals surface area contributed by atoms with E-state index in [1.807, 2.05) is 6.07 Å². The number of aromatic nitrogens is 3. The number of ether oxygens (including phenoxy) is 1. The molecule has 0 saturated carbocycles. The molecule has 1 N–H and O–H groups in total. The third-order valence-electron chi connectivity index (χ3n) is 5.63. The van der Waals surface area contributed by atoms with Crippen LogP contribution in [0.2, 0.25) is 0 Å². The maximum atomic E-state index is 14.4. The van der Waals surface area contributed by atoms with Gasteiger partial charge in [0.2, 0.25) is 0 Å². The Morgan fingerprint density at radius 1 is 1.31 bits per heavy atom. The molecule has 3 heterocycles. The minimum atomic E-state index is -2.79. The van der Waals surface area contributed by atoms with Crippen molar-refractivity contribution in [2.75, 3.05) is 25.5 Å². The molecule has 0 radical (unpaired) electrons. The van der Waals surface area contributed by atoms with Crippen molar-refractivity contribution >= 4 is 23.3 Å². The molecule has 0 aliphatic carbocycles. The number of halogens is 3. The molecule has 1 aliphatic rings. The molecule has 168 valence electrons. The minimum absolute atomic E-state index is 0.0950. The molecule has 3 aromatic rings. The Bertz CT molecular complexity index is 1130. The number of rotatable bonds is 5. The van der Waals surface area contributed by atoms with Crippen LogP contribution in [-0.2, 0) is 5.41 Å². The topological polar surface area (TPSA) is 80.2 Å². The molecule has 0 spiro atoms. The van der Waals surface area contributed by atoms with Gasteiger partial charge in [-0.25, -0.2) is 22.9 Å². The quantitative estimate of drug-likeness (QED) is 0.601. The Morgan fingerprint density at radius 2 is 2.12 bits per heavy atom. The number of aryl methyl sites for hydroxylation is 1. The fraction of sp³-hybridized carbons (Fsp3) is 0.333. The van der Waals surface area contributed by atoms with Crippen molar-refractivity contribution in [3.8, 4) is 5.75 Å². The summed E-state index contributed by atoms with van der Waals surface area (Å²) in [6.45, 7) is 2.27. The Kier molecular flexibility index (Phi) is 6.00. The van der Waals surface area contributed by atoms with Gasteiger partial charge in [0.1, 0.15) is 22.8 Å². The lowest BCUT2D eigenvalue weighted by Crippen LogP contribution is -2.37. The number of amides is 2. The summed E-state index contributed by atoms with van der Waals surface area (Å²) in [4.78, 5) is 22.5. The van der Waals surface area contributed by atoms with Crippen molar-refractivity contribution in [3.05, 3.63) is 64.4 Å². The molecule has 0 unspecified atom stereocenters. The third-order valence-corrected chi connectivity index (χ3v) is 6.49. The van der Waals surface area contributed by atoms with Crippen LogP contribution in [0.25, 0.3) is 0 Å². The van der Waals surface area contributed by atoms with Crippen LogP contribution in [0.3, 0.4) is 0 Å². The summed E-state index contributed by atoms with van der Waals surface area (Å²) in [7, 11) is 1.36. The Morgan fingerprint density at radius 3 is 2.78 bits per heavy atom. The zero-order chi connectivity index (χ0) is 22.9. The van der Waals surface area contributed by atoms with Gasteiger partial charge in [-0.05, 0) is 48.1 Å². The number of benzene rings is 1. The second-order valence-corrected chi connectivity index (χ2v) is 8.28. The first kappa shape index (κ1) is 22.0. The van der Waals surface area contributed by atoms with Gasteiger partial charge < -0.3 is 15.0 Å². The zero-order valence-corrected chi connectivity index (χ0v) is 18.1. The molecule has 2 amide bonds. The Hall–Kier alpha value is -3.21. The van der Waals surface area contributed by atoms with E-state index in [2.05, 4.69) is 19.7 Å². The van der Waals surface area contributed by atoms with E-state index in [1.165, 1.54) is 31.0 Å². The summed E-state index contributed by atoms with van der Waals surface area (Å²) < 4.78 is 49.7. The van der Waals surface area contributed by atoms with Crippen LogP contribution < -0.4 is 10.1 Å². The van der Waals surface area contributed by atoms with Gasteiger partial charge >= 0.3 is 6.03 Å². The molecule has 32 heavy (non-hydrogen) atoms. The van der Waals surface area contributed by atoms with Crippen LogP contribution in [0.15, 0.2) is 36.8 Å². The van der Waals surface area contributed by atoms with Gasteiger partial charge in [0, 0.05) is 13.1 Å². The second kappa shape index (κ2) is 8.73. The molecule has 0 bridgehead atoms. The lowest BCUT2D eigenvalue weighted by atomic mass is 9.80. The number of pyridine rings is 1. The van der Waals surface area contributed by atoms with Crippen LogP contribution in [0.5, 0.6) is 5.75 Å². The summed E-state index contributed by atoms with van der Waals surface area (Å²) in [5.74, 6) is -0.173. The van der Waals surface area contributed by atoms with E-state index in [4.69, 9.17) is 4.74 Å². The van der Waals surface area contributed by atoms with Crippen molar-refractivity contribution in [1.82, 2.24) is 19.2 Å². The van der Waals surface area contributed by atoms with E-state index in [9.17, 15) is 18.0 Å². The Labute approximate surface area is 186 Å². The highest BCUT2D eigenvalue weighted by Crippen LogP contribution is 2.42. The molecular formula is C21H20F3N5O2S. The fourth-order valence-electron chi connectivity index (χ4n) is 3.82. The monoisotopic (exact) mass is 463 g/mol. The number of hydrogen-bond donors (Lipinski definition) is 1. The van der Waals surface area contributed by atoms with E-state index < -0.39 is 23.6 Å². The third kappa shape index (κ3) is 3.99. The number of hydrogen-bond acceptors (Lipinski definition) is 6. The van der Waals surface area contributed by atoms with Gasteiger partial charge in [-0.2, -0.15) is 4.37 Å². The van der Waals surface area contributed by atoms with Crippen LogP contribution >= 0.6 is 11.5 Å². The molecule has 1 fully saturated rings. The molecule has 1 aromatic carbocycles. The SMILES string of the molecule is COc1cnc(C(F)F)cc1NC(=O)N1CC[C@](c2ccc(C)c(F)c2)(c2ncns2)C1. The van der Waals surface area contributed by atoms with E-state index >= 15 is 0 Å². The lowest BCUT2D eigenvalue weighted by molar-refractivity contribution is 0.146. The van der Waals surface area contributed by atoms with Gasteiger partial charge in [0.25, 0.3) is 6.43 Å². The summed E-state index contributed by atoms with van der Waals surface area (Å²) in [5, 5.41) is 3.31. The fourth-order valence-corrected chi connectivity index (χ4v) is 4.57. The van der Waals surface area contributed by atoms with Crippen LogP contribution in [0, 0.1) is 12.7 Å². The average Bonchev–Trinajstić information content (AvgIpc) is 3.46. The van der Waals surface area contributed by atoms with Gasteiger partial charge in [-0.1, -0.05) is 12.1 Å². The minimum Gasteiger partial charge on any atom is -0.493 e. The molecule has 4 rings (SSSR count). The average molecular weight is 463 g/mol. The largest absolute Gasteiger partial charge is 0.493 e. The van der Waals surface area contributed by atoms with Crippen LogP contribution in [0.1, 0.15) is 34.7 Å². The van der Waals surface area contributed by atoms with Gasteiger partial charge in [0.15, 0.2) is 5.75 Å². The molecule has 11 heteroatoms. The van der Waals surface area contributed by atoms with E-state index in [-0.39, 0.29) is 23.8 Å². The first-order valence-corrected chi connectivity index (χ1v) is 10.5. The van der Waals surface area contributed by atoms with Crippen molar-refractivity contribution in [3.63, 3.8) is 0 Å². The molecule has 1 atom stereocenters. The maximum Gasteiger partial charge on any atom is 0.321 e. The van der Waals surface area contributed by atoms with Crippen molar-refractivity contribution in [2.24, 2.45) is 0 Å². The van der Waals surface area contributed by atoms with E-state index in [0.29, 0.717) is 29.1 Å². The number of methoxy groups -OCH3 is 1. The number of alkyl halides is 2. The predicted molar refractivity (Wildman–Crippen MR) is 113 cm³/mol. The van der Waals surface area contributed by atoms with E-state index in [0.717, 1.165) is 12.3 Å². The molecule has 1 saturated heterocycles. The summed E-state index contributed by atoms with van der Waals surface area (Å²) in [6.07, 6.45) is 0.294. The Balaban J connectivity index is 1.62. The first-order valence-electron chi connectivity index (χ1n) is 9.76. The highest BCUT2D eigenvalue weighted by atomic mass is 32.1. The first-order chi connectivity index (χ1) is 15.3. The number of carbonyl (C=O) groups is 1. The number of likely N-dealkylation sites (tertiary alicyclic amines) is 1. The molecule has 2 aromatic heterocycles. The van der Waals surface area contributed by atoms with Crippen LogP contribution in [-0.4, -0.2) is 45.5 Å². The highest BCUT2D eigenvalue weighted by molar-refractivity contribution is 7.05. The summed E-state index contributed by atoms with van der Waals surface area (Å²) in [5.41, 5.74) is 0.129. The number of urea groups is 1. The number of nitrogens with one attached hydrogen (secondary N) is 1. The van der Waals surface area contributed by atoms with Crippen molar-refractivity contribution < 1.29 is 22.7 Å². The van der Waals surface area contributed by atoms with Gasteiger partial charge in [-0.3, -0.25) is 4.98 Å². The number of anilines is 1. The van der Waals surface area contributed by atoms with Gasteiger partial charge in [0.05, 0.1) is 24.4 Å².